The fourth-order valence-electron chi connectivity index (χ4n) is 4.20. The summed E-state index contributed by atoms with van der Waals surface area (Å²) in [6.45, 7) is 8.02. The van der Waals surface area contributed by atoms with Gasteiger partial charge >= 0.3 is 0 Å². The average Bonchev–Trinajstić information content (AvgIpc) is 3.29. The van der Waals surface area contributed by atoms with Crippen molar-refractivity contribution >= 4 is 28.5 Å². The molecule has 1 heterocycles. The Morgan fingerprint density at radius 1 is 1.00 bits per heavy atom. The minimum atomic E-state index is -0.973. The number of rotatable bonds is 9. The second kappa shape index (κ2) is 11.3. The van der Waals surface area contributed by atoms with Crippen LogP contribution < -0.4 is 19.7 Å². The van der Waals surface area contributed by atoms with Gasteiger partial charge in [0, 0.05) is 17.3 Å². The molecule has 0 saturated heterocycles. The molecule has 0 aliphatic rings. The van der Waals surface area contributed by atoms with E-state index in [0.29, 0.717) is 34.9 Å². The van der Waals surface area contributed by atoms with Crippen molar-refractivity contribution in [2.45, 2.75) is 45.8 Å². The minimum absolute atomic E-state index is 0.117. The fourth-order valence-corrected chi connectivity index (χ4v) is 4.20. The van der Waals surface area contributed by atoms with Gasteiger partial charge in [0.15, 0.2) is 0 Å². The van der Waals surface area contributed by atoms with Crippen LogP contribution in [0.3, 0.4) is 0 Å². The van der Waals surface area contributed by atoms with Crippen molar-refractivity contribution in [3.8, 4) is 11.5 Å². The first kappa shape index (κ1) is 26.7. The highest BCUT2D eigenvalue weighted by atomic mass is 16.5. The molecule has 198 valence electrons. The van der Waals surface area contributed by atoms with Crippen LogP contribution in [0.15, 0.2) is 72.8 Å². The lowest BCUT2D eigenvalue weighted by Gasteiger charge is -2.34. The molecule has 4 rings (SSSR count). The van der Waals surface area contributed by atoms with Gasteiger partial charge in [0.2, 0.25) is 11.8 Å². The number of fused-ring (bicyclic) bond motifs is 1. The number of hydrogen-bond donors (Lipinski definition) is 1. The van der Waals surface area contributed by atoms with Gasteiger partial charge < -0.3 is 14.8 Å². The fraction of sp³-hybridized carbons (Fsp3) is 0.310. The molecule has 1 aromatic heterocycles. The van der Waals surface area contributed by atoms with E-state index in [1.54, 1.807) is 48.2 Å². The number of methoxy groups -OCH3 is 1. The van der Waals surface area contributed by atoms with Crippen molar-refractivity contribution in [1.29, 1.82) is 0 Å². The Kier molecular flexibility index (Phi) is 7.95. The molecule has 38 heavy (non-hydrogen) atoms. The first-order chi connectivity index (χ1) is 18.2. The van der Waals surface area contributed by atoms with Crippen LogP contribution in [0.2, 0.25) is 0 Å². The maximum Gasteiger partial charge on any atom is 0.249 e. The van der Waals surface area contributed by atoms with Crippen LogP contribution >= 0.6 is 0 Å². The largest absolute Gasteiger partial charge is 0.497 e. The Bertz CT molecular complexity index is 1410. The molecule has 0 spiro atoms. The number of anilines is 1. The van der Waals surface area contributed by atoms with Crippen molar-refractivity contribution < 1.29 is 19.1 Å². The quantitative estimate of drug-likeness (QED) is 0.352. The molecule has 4 aromatic rings. The van der Waals surface area contributed by atoms with Crippen molar-refractivity contribution in [3.05, 3.63) is 78.4 Å². The van der Waals surface area contributed by atoms with Crippen molar-refractivity contribution in [2.24, 2.45) is 0 Å². The number of carbonyl (C=O) groups excluding carboxylic acids is 2. The molecular formula is C29H33N5O4. The van der Waals surface area contributed by atoms with Crippen molar-refractivity contribution in [3.63, 3.8) is 0 Å². The number of carbonyl (C=O) groups is 2. The number of hydrogen-bond acceptors (Lipinski definition) is 6. The number of para-hydroxylation sites is 1. The lowest BCUT2D eigenvalue weighted by molar-refractivity contribution is -0.128. The molecule has 0 fully saturated rings. The van der Waals surface area contributed by atoms with Crippen LogP contribution in [0.5, 0.6) is 11.5 Å². The molecule has 9 nitrogen and oxygen atoms in total. The topological polar surface area (TPSA) is 98.6 Å². The highest BCUT2D eigenvalue weighted by Gasteiger charge is 2.35. The Hall–Kier alpha value is -4.40. The standard InChI is InChI=1S/C29H33N5O4/c1-6-38-22-16-14-20(15-17-22)27(28(36)30-29(2,3)4)34(21-10-9-11-23(18-21)37-5)26(35)19-33-25-13-8-7-12-24(25)31-32-33/h7-18,27H,6,19H2,1-5H3,(H,30,36)/t27-/m1/s1. The molecule has 1 N–H and O–H groups in total. The average molecular weight is 516 g/mol. The SMILES string of the molecule is CCOc1ccc([C@H](C(=O)NC(C)(C)C)N(C(=O)Cn2nnc3ccccc32)c2cccc(OC)c2)cc1. The van der Waals surface area contributed by atoms with Crippen LogP contribution in [0.4, 0.5) is 5.69 Å². The summed E-state index contributed by atoms with van der Waals surface area (Å²) in [7, 11) is 1.56. The van der Waals surface area contributed by atoms with E-state index in [9.17, 15) is 9.59 Å². The first-order valence-corrected chi connectivity index (χ1v) is 12.5. The molecule has 2 amide bonds. The van der Waals surface area contributed by atoms with Crippen LogP contribution in [0.25, 0.3) is 11.0 Å². The highest BCUT2D eigenvalue weighted by molar-refractivity contribution is 6.01. The molecule has 0 radical (unpaired) electrons. The van der Waals surface area contributed by atoms with Gasteiger partial charge in [-0.3, -0.25) is 14.5 Å². The molecular weight excluding hydrogens is 482 g/mol. The number of ether oxygens (including phenoxy) is 2. The van der Waals surface area contributed by atoms with Crippen LogP contribution in [-0.2, 0) is 16.1 Å². The molecule has 0 aliphatic carbocycles. The predicted octanol–water partition coefficient (Wildman–Crippen LogP) is 4.53. The van der Waals surface area contributed by atoms with Gasteiger partial charge in [0.25, 0.3) is 0 Å². The molecule has 9 heteroatoms. The summed E-state index contributed by atoms with van der Waals surface area (Å²) in [5, 5.41) is 11.4. The zero-order valence-corrected chi connectivity index (χ0v) is 22.3. The van der Waals surface area contributed by atoms with Gasteiger partial charge in [-0.25, -0.2) is 4.68 Å². The number of nitrogens with zero attached hydrogens (tertiary/aromatic N) is 4. The van der Waals surface area contributed by atoms with E-state index in [-0.39, 0.29) is 18.4 Å². The summed E-state index contributed by atoms with van der Waals surface area (Å²) >= 11 is 0. The van der Waals surface area contributed by atoms with E-state index >= 15 is 0 Å². The maximum absolute atomic E-state index is 14.1. The second-order valence-corrected chi connectivity index (χ2v) is 9.84. The molecule has 3 aromatic carbocycles. The first-order valence-electron chi connectivity index (χ1n) is 12.5. The highest BCUT2D eigenvalue weighted by Crippen LogP contribution is 2.32. The Morgan fingerprint density at radius 3 is 2.42 bits per heavy atom. The molecule has 0 bridgehead atoms. The Labute approximate surface area is 222 Å². The predicted molar refractivity (Wildman–Crippen MR) is 146 cm³/mol. The Morgan fingerprint density at radius 2 is 1.74 bits per heavy atom. The van der Waals surface area contributed by atoms with E-state index in [0.717, 1.165) is 5.52 Å². The maximum atomic E-state index is 14.1. The summed E-state index contributed by atoms with van der Waals surface area (Å²) in [5.74, 6) is 0.589. The zero-order valence-electron chi connectivity index (χ0n) is 22.3. The number of amides is 2. The summed E-state index contributed by atoms with van der Waals surface area (Å²) in [6, 6.07) is 20.8. The van der Waals surface area contributed by atoms with E-state index < -0.39 is 11.6 Å². The third-order valence-corrected chi connectivity index (χ3v) is 5.82. The lowest BCUT2D eigenvalue weighted by atomic mass is 10.0. The van der Waals surface area contributed by atoms with Crippen LogP contribution in [0, 0.1) is 0 Å². The normalized spacial score (nSPS) is 12.1. The summed E-state index contributed by atoms with van der Waals surface area (Å²) in [5.41, 5.74) is 2.03. The number of nitrogens with one attached hydrogen (secondary N) is 1. The van der Waals surface area contributed by atoms with Crippen molar-refractivity contribution in [1.82, 2.24) is 20.3 Å². The molecule has 0 aliphatic heterocycles. The molecule has 0 unspecified atom stereocenters. The monoisotopic (exact) mass is 515 g/mol. The third kappa shape index (κ3) is 6.11. The molecule has 1 atom stereocenters. The van der Waals surface area contributed by atoms with Gasteiger partial charge in [0.05, 0.1) is 19.2 Å². The second-order valence-electron chi connectivity index (χ2n) is 9.84. The Balaban J connectivity index is 1.82. The third-order valence-electron chi connectivity index (χ3n) is 5.82. The van der Waals surface area contributed by atoms with Crippen LogP contribution in [-0.4, -0.2) is 46.1 Å². The molecule has 0 saturated carbocycles. The smallest absolute Gasteiger partial charge is 0.249 e. The number of aromatic nitrogens is 3. The van der Waals surface area contributed by atoms with Gasteiger partial charge in [-0.15, -0.1) is 5.10 Å². The van der Waals surface area contributed by atoms with Gasteiger partial charge in [-0.1, -0.05) is 35.5 Å². The van der Waals surface area contributed by atoms with E-state index in [1.807, 2.05) is 64.1 Å². The van der Waals surface area contributed by atoms with Gasteiger partial charge in [-0.2, -0.15) is 0 Å². The van der Waals surface area contributed by atoms with E-state index in [2.05, 4.69) is 15.6 Å². The van der Waals surface area contributed by atoms with Gasteiger partial charge in [0.1, 0.15) is 29.6 Å². The number of benzene rings is 3. The van der Waals surface area contributed by atoms with Crippen molar-refractivity contribution in [2.75, 3.05) is 18.6 Å². The minimum Gasteiger partial charge on any atom is -0.497 e. The van der Waals surface area contributed by atoms with E-state index in [1.165, 1.54) is 4.90 Å². The van der Waals surface area contributed by atoms with Gasteiger partial charge in [-0.05, 0) is 69.7 Å². The summed E-state index contributed by atoms with van der Waals surface area (Å²) < 4.78 is 12.6. The zero-order chi connectivity index (χ0) is 27.3. The summed E-state index contributed by atoms with van der Waals surface area (Å²) in [4.78, 5) is 29.5. The van der Waals surface area contributed by atoms with E-state index in [4.69, 9.17) is 9.47 Å². The summed E-state index contributed by atoms with van der Waals surface area (Å²) in [6.07, 6.45) is 0. The van der Waals surface area contributed by atoms with Crippen LogP contribution in [0.1, 0.15) is 39.3 Å². The lowest BCUT2D eigenvalue weighted by Crippen LogP contribution is -2.50.